The van der Waals surface area contributed by atoms with Crippen LogP contribution in [0.5, 0.6) is 0 Å². The average molecular weight is 242 g/mol. The summed E-state index contributed by atoms with van der Waals surface area (Å²) < 4.78 is 22.1. The van der Waals surface area contributed by atoms with Gasteiger partial charge in [-0.3, -0.25) is 0 Å². The van der Waals surface area contributed by atoms with Crippen molar-refractivity contribution in [2.75, 3.05) is 17.7 Å². The first-order valence-corrected chi connectivity index (χ1v) is 7.19. The van der Waals surface area contributed by atoms with Crippen molar-refractivity contribution in [1.29, 1.82) is 0 Å². The molecule has 0 amide bonds. The maximum atomic E-state index is 11.1. The summed E-state index contributed by atoms with van der Waals surface area (Å²) in [6.45, 7) is 2.43. The number of anilines is 1. The van der Waals surface area contributed by atoms with E-state index in [0.29, 0.717) is 6.54 Å². The monoisotopic (exact) mass is 242 g/mol. The topological polar surface area (TPSA) is 72.2 Å². The Hall–Kier alpha value is -1.07. The quantitative estimate of drug-likeness (QED) is 0.749. The molecule has 0 bridgehead atoms. The van der Waals surface area contributed by atoms with Gasteiger partial charge in [-0.1, -0.05) is 18.2 Å². The zero-order valence-corrected chi connectivity index (χ0v) is 10.4. The molecule has 1 aromatic rings. The van der Waals surface area contributed by atoms with Gasteiger partial charge in [-0.2, -0.15) is 0 Å². The zero-order chi connectivity index (χ0) is 12.2. The minimum absolute atomic E-state index is 0.0744. The molecule has 1 aromatic carbocycles. The van der Waals surface area contributed by atoms with Gasteiger partial charge in [0.2, 0.25) is 0 Å². The molecule has 0 aliphatic heterocycles. The van der Waals surface area contributed by atoms with Crippen molar-refractivity contribution in [3.05, 3.63) is 29.8 Å². The summed E-state index contributed by atoms with van der Waals surface area (Å²) in [6.07, 6.45) is 1.24. The van der Waals surface area contributed by atoms with Crippen molar-refractivity contribution >= 4 is 15.5 Å². The number of hydrogen-bond acceptors (Lipinski definition) is 4. The van der Waals surface area contributed by atoms with E-state index in [2.05, 4.69) is 5.32 Å². The Labute approximate surface area is 96.8 Å². The average Bonchev–Trinajstić information content (AvgIpc) is 2.14. The molecule has 5 heteroatoms. The third-order valence-electron chi connectivity index (χ3n) is 2.25. The van der Waals surface area contributed by atoms with Gasteiger partial charge >= 0.3 is 0 Å². The Morgan fingerprint density at radius 1 is 1.38 bits per heavy atom. The van der Waals surface area contributed by atoms with Crippen molar-refractivity contribution in [2.24, 2.45) is 0 Å². The highest BCUT2D eigenvalue weighted by molar-refractivity contribution is 7.90. The fraction of sp³-hybridized carbons (Fsp3) is 0.455. The normalized spacial score (nSPS) is 13.6. The summed E-state index contributed by atoms with van der Waals surface area (Å²) in [4.78, 5) is 0. The van der Waals surface area contributed by atoms with Crippen LogP contribution in [0.2, 0.25) is 0 Å². The van der Waals surface area contributed by atoms with Gasteiger partial charge in [-0.25, -0.2) is 8.42 Å². The van der Waals surface area contributed by atoms with Gasteiger partial charge in [0.05, 0.1) is 5.75 Å². The first-order chi connectivity index (χ1) is 7.38. The number of hydrogen-bond donors (Lipinski definition) is 2. The maximum absolute atomic E-state index is 11.1. The second kappa shape index (κ2) is 5.32. The van der Waals surface area contributed by atoms with Crippen LogP contribution in [0, 0.1) is 0 Å². The molecule has 90 valence electrons. The maximum Gasteiger partial charge on any atom is 0.148 e. The third-order valence-corrected chi connectivity index (χ3v) is 3.35. The molecule has 0 heterocycles. The lowest BCUT2D eigenvalue weighted by Gasteiger charge is -2.13. The summed E-state index contributed by atoms with van der Waals surface area (Å²) in [5.74, 6) is 0.139. The highest BCUT2D eigenvalue weighted by Crippen LogP contribution is 2.09. The van der Waals surface area contributed by atoms with Crippen molar-refractivity contribution in [1.82, 2.24) is 5.32 Å². The van der Waals surface area contributed by atoms with E-state index in [1.807, 2.05) is 31.2 Å². The first-order valence-electron chi connectivity index (χ1n) is 5.13. The van der Waals surface area contributed by atoms with E-state index >= 15 is 0 Å². The predicted octanol–water partition coefficient (Wildman–Crippen LogP) is 0.791. The molecule has 1 rings (SSSR count). The molecule has 4 nitrogen and oxygen atoms in total. The van der Waals surface area contributed by atoms with E-state index < -0.39 is 9.84 Å². The molecule has 16 heavy (non-hydrogen) atoms. The SMILES string of the molecule is CC(CS(C)(=O)=O)NCc1ccccc1N. The highest BCUT2D eigenvalue weighted by atomic mass is 32.2. The fourth-order valence-corrected chi connectivity index (χ4v) is 2.52. The van der Waals surface area contributed by atoms with Crippen LogP contribution in [0.15, 0.2) is 24.3 Å². The van der Waals surface area contributed by atoms with E-state index in [1.54, 1.807) is 0 Å². The van der Waals surface area contributed by atoms with Crippen molar-refractivity contribution < 1.29 is 8.42 Å². The molecule has 1 unspecified atom stereocenters. The van der Waals surface area contributed by atoms with Crippen LogP contribution in [0.25, 0.3) is 0 Å². The van der Waals surface area contributed by atoms with E-state index in [1.165, 1.54) is 6.26 Å². The van der Waals surface area contributed by atoms with Crippen LogP contribution in [0.4, 0.5) is 5.69 Å². The minimum atomic E-state index is -2.93. The van der Waals surface area contributed by atoms with Crippen molar-refractivity contribution in [3.8, 4) is 0 Å². The lowest BCUT2D eigenvalue weighted by molar-refractivity contribution is 0.560. The summed E-state index contributed by atoms with van der Waals surface area (Å²) in [5.41, 5.74) is 7.49. The van der Waals surface area contributed by atoms with Gasteiger partial charge in [-0.05, 0) is 18.6 Å². The number of nitrogens with one attached hydrogen (secondary N) is 1. The summed E-state index contributed by atoms with van der Waals surface area (Å²) in [7, 11) is -2.93. The van der Waals surface area contributed by atoms with E-state index in [0.717, 1.165) is 11.3 Å². The Morgan fingerprint density at radius 2 is 2.00 bits per heavy atom. The zero-order valence-electron chi connectivity index (χ0n) is 9.60. The Morgan fingerprint density at radius 3 is 2.56 bits per heavy atom. The lowest BCUT2D eigenvalue weighted by atomic mass is 10.2. The van der Waals surface area contributed by atoms with Gasteiger partial charge in [0.15, 0.2) is 0 Å². The van der Waals surface area contributed by atoms with E-state index in [-0.39, 0.29) is 11.8 Å². The largest absolute Gasteiger partial charge is 0.398 e. The second-order valence-corrected chi connectivity index (χ2v) is 6.26. The van der Waals surface area contributed by atoms with Crippen molar-refractivity contribution in [3.63, 3.8) is 0 Å². The molecule has 1 atom stereocenters. The Balaban J connectivity index is 2.49. The molecule has 0 aliphatic rings. The van der Waals surface area contributed by atoms with Crippen LogP contribution in [-0.4, -0.2) is 26.5 Å². The third kappa shape index (κ3) is 4.63. The van der Waals surface area contributed by atoms with Crippen LogP contribution >= 0.6 is 0 Å². The minimum Gasteiger partial charge on any atom is -0.398 e. The van der Waals surface area contributed by atoms with Crippen molar-refractivity contribution in [2.45, 2.75) is 19.5 Å². The van der Waals surface area contributed by atoms with E-state index in [4.69, 9.17) is 5.73 Å². The molecular formula is C11H18N2O2S. The summed E-state index contributed by atoms with van der Waals surface area (Å²) >= 11 is 0. The lowest BCUT2D eigenvalue weighted by Crippen LogP contribution is -2.32. The summed E-state index contributed by atoms with van der Waals surface area (Å²) in [6, 6.07) is 7.47. The molecule has 0 spiro atoms. The van der Waals surface area contributed by atoms with E-state index in [9.17, 15) is 8.42 Å². The standard InChI is InChI=1S/C11H18N2O2S/c1-9(8-16(2,14)15)13-7-10-5-3-4-6-11(10)12/h3-6,9,13H,7-8,12H2,1-2H3. The summed E-state index contributed by atoms with van der Waals surface area (Å²) in [5, 5.41) is 3.14. The Kier molecular flexibility index (Phi) is 4.32. The smallest absolute Gasteiger partial charge is 0.148 e. The second-order valence-electron chi connectivity index (χ2n) is 4.07. The molecule has 0 aliphatic carbocycles. The predicted molar refractivity (Wildman–Crippen MR) is 66.9 cm³/mol. The number of nitrogen functional groups attached to an aromatic ring is 1. The molecule has 3 N–H and O–H groups in total. The van der Waals surface area contributed by atoms with Gasteiger partial charge in [0.1, 0.15) is 9.84 Å². The molecule has 0 saturated carbocycles. The number of para-hydroxylation sites is 1. The Bertz CT molecular complexity index is 443. The van der Waals surface area contributed by atoms with Crippen LogP contribution in [0.3, 0.4) is 0 Å². The molecule has 0 radical (unpaired) electrons. The molecule has 0 aromatic heterocycles. The molecule has 0 saturated heterocycles. The van der Waals surface area contributed by atoms with Crippen LogP contribution in [0.1, 0.15) is 12.5 Å². The van der Waals surface area contributed by atoms with Crippen LogP contribution < -0.4 is 11.1 Å². The number of benzene rings is 1. The number of rotatable bonds is 5. The van der Waals surface area contributed by atoms with Gasteiger partial charge in [0, 0.05) is 24.5 Å². The van der Waals surface area contributed by atoms with Gasteiger partial charge < -0.3 is 11.1 Å². The molecular weight excluding hydrogens is 224 g/mol. The highest BCUT2D eigenvalue weighted by Gasteiger charge is 2.10. The number of nitrogens with two attached hydrogens (primary N) is 1. The van der Waals surface area contributed by atoms with Gasteiger partial charge in [0.25, 0.3) is 0 Å². The first kappa shape index (κ1) is 13.0. The van der Waals surface area contributed by atoms with Gasteiger partial charge in [-0.15, -0.1) is 0 Å². The molecule has 0 fully saturated rings. The number of sulfone groups is 1. The van der Waals surface area contributed by atoms with Crippen LogP contribution in [-0.2, 0) is 16.4 Å². The fourth-order valence-electron chi connectivity index (χ4n) is 1.49.